The number of phenolic OH excluding ortho intramolecular Hbond substituents is 1. The largest absolute Gasteiger partial charge is 0.508 e. The van der Waals surface area contributed by atoms with E-state index in [9.17, 15) is 34.8 Å². The standard InChI is InChI=1S/C34H42N4O7/c1-37(2)13-6-5-12-36-17-18-8-7-9-19(14-18)21-10-11-24(39)26-22(21)15-20-16-23-28(38(3)4)30(41)27(33(35)44)32(43)34(23,45)31(42)25(20)29(26)40/h7-11,14,20,23,28,36,39-40,43,45H,5-6,12-13,15-17H2,1-4H3,(H2,35,44)/t20-,23-,28-,34-/m0/s1. The van der Waals surface area contributed by atoms with Gasteiger partial charge in [-0.1, -0.05) is 24.3 Å². The monoisotopic (exact) mass is 618 g/mol. The van der Waals surface area contributed by atoms with Crippen molar-refractivity contribution in [3.8, 4) is 16.9 Å². The fraction of sp³-hybridized carbons (Fsp3) is 0.441. The lowest BCUT2D eigenvalue weighted by Gasteiger charge is -2.50. The second-order valence-electron chi connectivity index (χ2n) is 12.8. The normalized spacial score (nSPS) is 24.6. The van der Waals surface area contributed by atoms with Crippen molar-refractivity contribution in [2.24, 2.45) is 17.6 Å². The van der Waals surface area contributed by atoms with Crippen molar-refractivity contribution in [2.45, 2.75) is 43.9 Å². The van der Waals surface area contributed by atoms with Crippen LogP contribution in [-0.4, -0.2) is 101 Å². The lowest BCUT2D eigenvalue weighted by Crippen LogP contribution is -2.65. The Morgan fingerprint density at radius 1 is 1.07 bits per heavy atom. The van der Waals surface area contributed by atoms with E-state index in [2.05, 4.69) is 30.4 Å². The summed E-state index contributed by atoms with van der Waals surface area (Å²) in [5, 5.41) is 48.8. The summed E-state index contributed by atoms with van der Waals surface area (Å²) < 4.78 is 0. The average Bonchev–Trinajstić information content (AvgIpc) is 2.96. The van der Waals surface area contributed by atoms with Crippen molar-refractivity contribution in [3.05, 3.63) is 70.0 Å². The summed E-state index contributed by atoms with van der Waals surface area (Å²) in [7, 11) is 7.28. The van der Waals surface area contributed by atoms with Crippen LogP contribution in [0, 0.1) is 11.8 Å². The molecule has 11 nitrogen and oxygen atoms in total. The third kappa shape index (κ3) is 5.54. The number of primary amides is 1. The van der Waals surface area contributed by atoms with Crippen LogP contribution in [0.1, 0.15) is 36.0 Å². The van der Waals surface area contributed by atoms with Crippen molar-refractivity contribution >= 4 is 23.2 Å². The number of Topliss-reactive ketones (excluding diaryl/α,β-unsaturated/α-hetero) is 2. The molecule has 1 amide bonds. The van der Waals surface area contributed by atoms with Gasteiger partial charge in [-0.3, -0.25) is 19.3 Å². The summed E-state index contributed by atoms with van der Waals surface area (Å²) in [5.74, 6) is -6.65. The smallest absolute Gasteiger partial charge is 0.255 e. The van der Waals surface area contributed by atoms with E-state index >= 15 is 0 Å². The number of hydrogen-bond donors (Lipinski definition) is 6. The highest BCUT2D eigenvalue weighted by atomic mass is 16.3. The predicted octanol–water partition coefficient (Wildman–Crippen LogP) is 2.06. The van der Waals surface area contributed by atoms with Gasteiger partial charge >= 0.3 is 0 Å². The van der Waals surface area contributed by atoms with Crippen molar-refractivity contribution < 1.29 is 34.8 Å². The van der Waals surface area contributed by atoms with Crippen LogP contribution < -0.4 is 11.1 Å². The second-order valence-corrected chi connectivity index (χ2v) is 12.8. The zero-order valence-corrected chi connectivity index (χ0v) is 26.1. The molecule has 0 unspecified atom stereocenters. The zero-order valence-electron chi connectivity index (χ0n) is 26.1. The minimum atomic E-state index is -2.66. The number of phenols is 1. The molecule has 1 fully saturated rings. The minimum absolute atomic E-state index is 0.0403. The maximum absolute atomic E-state index is 14.1. The first-order valence-corrected chi connectivity index (χ1v) is 15.2. The Labute approximate surface area is 262 Å². The number of aromatic hydroxyl groups is 1. The van der Waals surface area contributed by atoms with Gasteiger partial charge in [-0.25, -0.2) is 0 Å². The lowest BCUT2D eigenvalue weighted by molar-refractivity contribution is -0.153. The number of rotatable bonds is 10. The summed E-state index contributed by atoms with van der Waals surface area (Å²) in [6.45, 7) is 2.60. The van der Waals surface area contributed by atoms with Crippen molar-refractivity contribution in [2.75, 3.05) is 41.3 Å². The molecule has 0 saturated heterocycles. The topological polar surface area (TPSA) is 177 Å². The summed E-state index contributed by atoms with van der Waals surface area (Å²) in [6.07, 6.45) is 2.43. The Balaban J connectivity index is 1.52. The number of carbonyl (C=O) groups excluding carboxylic acids is 3. The van der Waals surface area contributed by atoms with E-state index in [0.29, 0.717) is 12.1 Å². The van der Waals surface area contributed by atoms with Crippen molar-refractivity contribution in [1.82, 2.24) is 15.1 Å². The zero-order chi connectivity index (χ0) is 32.8. The molecule has 3 aliphatic carbocycles. The maximum atomic E-state index is 14.1. The Bertz CT molecular complexity index is 1610. The fourth-order valence-electron chi connectivity index (χ4n) is 7.27. The number of hydrogen-bond acceptors (Lipinski definition) is 10. The molecule has 1 saturated carbocycles. The molecule has 0 aromatic heterocycles. The molecule has 240 valence electrons. The van der Waals surface area contributed by atoms with Crippen LogP contribution in [-0.2, 0) is 27.3 Å². The van der Waals surface area contributed by atoms with E-state index in [1.807, 2.05) is 18.2 Å². The molecule has 5 rings (SSSR count). The van der Waals surface area contributed by atoms with Crippen LogP contribution in [0.4, 0.5) is 0 Å². The van der Waals surface area contributed by atoms with Gasteiger partial charge in [0.15, 0.2) is 11.4 Å². The second kappa shape index (κ2) is 12.4. The van der Waals surface area contributed by atoms with Crippen LogP contribution >= 0.6 is 0 Å². The number of aliphatic hydroxyl groups excluding tert-OH is 2. The van der Waals surface area contributed by atoms with E-state index in [1.54, 1.807) is 20.2 Å². The Kier molecular flexibility index (Phi) is 8.92. The molecule has 7 N–H and O–H groups in total. The Morgan fingerprint density at radius 3 is 2.47 bits per heavy atom. The van der Waals surface area contributed by atoms with Crippen LogP contribution in [0.15, 0.2) is 53.3 Å². The molecule has 0 aliphatic heterocycles. The summed E-state index contributed by atoms with van der Waals surface area (Å²) in [6, 6.07) is 10.1. The number of nitrogens with zero attached hydrogens (tertiary/aromatic N) is 2. The van der Waals surface area contributed by atoms with Gasteiger partial charge in [-0.05, 0) is 107 Å². The van der Waals surface area contributed by atoms with E-state index in [1.165, 1.54) is 11.0 Å². The third-order valence-corrected chi connectivity index (χ3v) is 9.38. The van der Waals surface area contributed by atoms with Crippen LogP contribution in [0.25, 0.3) is 16.9 Å². The van der Waals surface area contributed by atoms with E-state index in [4.69, 9.17) is 5.73 Å². The molecular weight excluding hydrogens is 576 g/mol. The molecular formula is C34H42N4O7. The highest BCUT2D eigenvalue weighted by Crippen LogP contribution is 2.53. The minimum Gasteiger partial charge on any atom is -0.508 e. The Morgan fingerprint density at radius 2 is 1.80 bits per heavy atom. The third-order valence-electron chi connectivity index (χ3n) is 9.38. The lowest BCUT2D eigenvalue weighted by atomic mass is 9.57. The van der Waals surface area contributed by atoms with Gasteiger partial charge in [-0.2, -0.15) is 0 Å². The average molecular weight is 619 g/mol. The number of benzene rings is 2. The fourth-order valence-corrected chi connectivity index (χ4v) is 7.27. The summed E-state index contributed by atoms with van der Waals surface area (Å²) in [5.41, 5.74) is 5.17. The number of carbonyl (C=O) groups is 3. The van der Waals surface area contributed by atoms with Gasteiger partial charge < -0.3 is 36.4 Å². The van der Waals surface area contributed by atoms with Gasteiger partial charge in [0.1, 0.15) is 22.8 Å². The molecule has 2 aromatic rings. The van der Waals surface area contributed by atoms with Crippen molar-refractivity contribution in [3.63, 3.8) is 0 Å². The highest BCUT2D eigenvalue weighted by molar-refractivity contribution is 6.24. The van der Waals surface area contributed by atoms with Gasteiger partial charge in [0.25, 0.3) is 5.91 Å². The van der Waals surface area contributed by atoms with Crippen LogP contribution in [0.5, 0.6) is 5.75 Å². The first kappa shape index (κ1) is 32.4. The summed E-state index contributed by atoms with van der Waals surface area (Å²) in [4.78, 5) is 43.2. The molecule has 3 aliphatic rings. The van der Waals surface area contributed by atoms with Gasteiger partial charge in [0.2, 0.25) is 5.78 Å². The van der Waals surface area contributed by atoms with Crippen LogP contribution in [0.3, 0.4) is 0 Å². The van der Waals surface area contributed by atoms with E-state index in [-0.39, 0.29) is 29.7 Å². The number of nitrogens with one attached hydrogen (secondary N) is 1. The first-order valence-electron chi connectivity index (χ1n) is 15.2. The van der Waals surface area contributed by atoms with E-state index in [0.717, 1.165) is 42.6 Å². The number of amides is 1. The number of likely N-dealkylation sites (N-methyl/N-ethyl adjacent to an activating group) is 1. The number of fused-ring (bicyclic) bond motifs is 3. The van der Waals surface area contributed by atoms with Gasteiger partial charge in [0.05, 0.1) is 11.6 Å². The first-order chi connectivity index (χ1) is 21.3. The SMILES string of the molecule is CN(C)CCCCNCc1cccc(-c2ccc(O)c3c2C[C@H]2C[C@H]4[C@H](N(C)C)C(=O)C(C(N)=O)=C(O)[C@@]4(O)C(=O)C2=C3O)c1. The molecule has 0 spiro atoms. The predicted molar refractivity (Wildman–Crippen MR) is 169 cm³/mol. The molecule has 11 heteroatoms. The van der Waals surface area contributed by atoms with Crippen LogP contribution in [0.2, 0.25) is 0 Å². The molecule has 45 heavy (non-hydrogen) atoms. The highest BCUT2D eigenvalue weighted by Gasteiger charge is 2.64. The molecule has 4 atom stereocenters. The number of nitrogens with two attached hydrogens (primary N) is 1. The number of aliphatic hydroxyl groups is 3. The quantitative estimate of drug-likeness (QED) is 0.171. The molecule has 0 bridgehead atoms. The molecule has 0 heterocycles. The number of unbranched alkanes of at least 4 members (excludes halogenated alkanes) is 1. The van der Waals surface area contributed by atoms with Gasteiger partial charge in [-0.15, -0.1) is 0 Å². The Hall–Kier alpha value is -4.03. The maximum Gasteiger partial charge on any atom is 0.255 e. The molecule has 2 aromatic carbocycles. The van der Waals surface area contributed by atoms with E-state index < -0.39 is 58.0 Å². The molecule has 0 radical (unpaired) electrons. The summed E-state index contributed by atoms with van der Waals surface area (Å²) >= 11 is 0. The van der Waals surface area contributed by atoms with Crippen molar-refractivity contribution in [1.29, 1.82) is 0 Å². The van der Waals surface area contributed by atoms with Gasteiger partial charge in [0, 0.05) is 18.0 Å². The number of ketones is 2.